The lowest BCUT2D eigenvalue weighted by atomic mass is 10.3. The maximum Gasteiger partial charge on any atom is 0.365 e. The minimum atomic E-state index is -4.23. The molecule has 1 radical (unpaired) electrons. The first kappa shape index (κ1) is 12.9. The van der Waals surface area contributed by atoms with Gasteiger partial charge < -0.3 is 0 Å². The van der Waals surface area contributed by atoms with Crippen molar-refractivity contribution in [1.82, 2.24) is 4.31 Å². The summed E-state index contributed by atoms with van der Waals surface area (Å²) < 4.78 is 33.2. The molecule has 0 aromatic heterocycles. The summed E-state index contributed by atoms with van der Waals surface area (Å²) in [4.78, 5) is 0. The van der Waals surface area contributed by atoms with Crippen molar-refractivity contribution in [2.75, 3.05) is 13.1 Å². The van der Waals surface area contributed by atoms with Gasteiger partial charge in [-0.3, -0.25) is 0 Å². The van der Waals surface area contributed by atoms with Gasteiger partial charge in [0, 0.05) is 13.1 Å². The first-order valence-corrected chi connectivity index (χ1v) is 6.09. The SMILES string of the molecule is CCCCN(CCCC)S([O])(=O)=O. The summed E-state index contributed by atoms with van der Waals surface area (Å²) in [5, 5.41) is 0. The van der Waals surface area contributed by atoms with Crippen LogP contribution in [0.25, 0.3) is 0 Å². The van der Waals surface area contributed by atoms with Crippen LogP contribution < -0.4 is 0 Å². The van der Waals surface area contributed by atoms with Crippen LogP contribution >= 0.6 is 0 Å². The second kappa shape index (κ2) is 6.34. The molecular formula is C8H18NO3S. The summed E-state index contributed by atoms with van der Waals surface area (Å²) in [5.41, 5.74) is 0. The molecule has 0 spiro atoms. The molecule has 0 aromatic rings. The quantitative estimate of drug-likeness (QED) is 0.637. The van der Waals surface area contributed by atoms with E-state index in [0.717, 1.165) is 30.0 Å². The maximum absolute atomic E-state index is 10.7. The second-order valence-electron chi connectivity index (χ2n) is 3.06. The summed E-state index contributed by atoms with van der Waals surface area (Å²) in [6.45, 7) is 4.66. The molecule has 0 rings (SSSR count). The van der Waals surface area contributed by atoms with E-state index >= 15 is 0 Å². The fourth-order valence-corrected chi connectivity index (χ4v) is 1.71. The van der Waals surface area contributed by atoms with Crippen LogP contribution in [0.2, 0.25) is 0 Å². The van der Waals surface area contributed by atoms with Crippen molar-refractivity contribution in [3.63, 3.8) is 0 Å². The normalized spacial score (nSPS) is 12.3. The van der Waals surface area contributed by atoms with Gasteiger partial charge in [0.05, 0.1) is 0 Å². The third kappa shape index (κ3) is 6.01. The Labute approximate surface area is 80.8 Å². The Bertz CT molecular complexity index is 205. The third-order valence-corrected chi connectivity index (χ3v) is 2.84. The maximum atomic E-state index is 10.7. The van der Waals surface area contributed by atoms with Gasteiger partial charge in [0.15, 0.2) is 0 Å². The number of rotatable bonds is 7. The molecule has 0 aliphatic rings. The first-order valence-electron chi connectivity index (χ1n) is 4.73. The van der Waals surface area contributed by atoms with Crippen LogP contribution in [-0.2, 0) is 14.9 Å². The smallest absolute Gasteiger partial charge is 0.179 e. The van der Waals surface area contributed by atoms with Crippen LogP contribution in [0.3, 0.4) is 0 Å². The van der Waals surface area contributed by atoms with E-state index in [4.69, 9.17) is 0 Å². The number of unbranched alkanes of at least 4 members (excludes halogenated alkanes) is 2. The lowest BCUT2D eigenvalue weighted by Crippen LogP contribution is -2.31. The molecule has 0 bridgehead atoms. The molecular weight excluding hydrogens is 190 g/mol. The van der Waals surface area contributed by atoms with Crippen molar-refractivity contribution in [3.8, 4) is 0 Å². The molecule has 0 heterocycles. The fraction of sp³-hybridized carbons (Fsp3) is 1.00. The molecule has 13 heavy (non-hydrogen) atoms. The summed E-state index contributed by atoms with van der Waals surface area (Å²) >= 11 is 0. The van der Waals surface area contributed by atoms with Crippen molar-refractivity contribution in [1.29, 1.82) is 0 Å². The molecule has 0 N–H and O–H groups in total. The van der Waals surface area contributed by atoms with Gasteiger partial charge >= 0.3 is 10.3 Å². The highest BCUT2D eigenvalue weighted by molar-refractivity contribution is 7.83. The van der Waals surface area contributed by atoms with Crippen molar-refractivity contribution in [3.05, 3.63) is 0 Å². The van der Waals surface area contributed by atoms with Gasteiger partial charge in [0.1, 0.15) is 0 Å². The number of hydrogen-bond acceptors (Lipinski definition) is 2. The Morgan fingerprint density at radius 1 is 1.00 bits per heavy atom. The fourth-order valence-electron chi connectivity index (χ4n) is 1.00. The summed E-state index contributed by atoms with van der Waals surface area (Å²) in [6.07, 6.45) is 3.31. The highest BCUT2D eigenvalue weighted by Crippen LogP contribution is 2.04. The van der Waals surface area contributed by atoms with Gasteiger partial charge in [-0.2, -0.15) is 12.7 Å². The van der Waals surface area contributed by atoms with Crippen molar-refractivity contribution < 1.29 is 13.0 Å². The minimum Gasteiger partial charge on any atom is -0.179 e. The standard InChI is InChI=1S/C8H18NO3S/c1-3-5-7-9(8-6-4-2)13(10,11)12/h3-8H2,1-2H3. The second-order valence-corrected chi connectivity index (χ2v) is 4.44. The molecule has 0 saturated heterocycles. The monoisotopic (exact) mass is 208 g/mol. The summed E-state index contributed by atoms with van der Waals surface area (Å²) in [5.74, 6) is 0. The zero-order valence-electron chi connectivity index (χ0n) is 8.32. The van der Waals surface area contributed by atoms with E-state index in [-0.39, 0.29) is 0 Å². The van der Waals surface area contributed by atoms with E-state index in [1.807, 2.05) is 13.8 Å². The lowest BCUT2D eigenvalue weighted by molar-refractivity contribution is 0.310. The van der Waals surface area contributed by atoms with Crippen LogP contribution in [-0.4, -0.2) is 25.8 Å². The van der Waals surface area contributed by atoms with E-state index < -0.39 is 10.3 Å². The largest absolute Gasteiger partial charge is 0.365 e. The van der Waals surface area contributed by atoms with Crippen LogP contribution in [0.1, 0.15) is 39.5 Å². The molecule has 5 heteroatoms. The Hall–Kier alpha value is -0.130. The highest BCUT2D eigenvalue weighted by Gasteiger charge is 2.18. The zero-order chi connectivity index (χ0) is 10.3. The highest BCUT2D eigenvalue weighted by atomic mass is 32.2. The van der Waals surface area contributed by atoms with E-state index in [1.165, 1.54) is 0 Å². The van der Waals surface area contributed by atoms with Gasteiger partial charge in [-0.1, -0.05) is 31.2 Å². The first-order chi connectivity index (χ1) is 6.02. The van der Waals surface area contributed by atoms with Crippen LogP contribution in [0.5, 0.6) is 0 Å². The molecule has 0 saturated carbocycles. The molecule has 0 unspecified atom stereocenters. The van der Waals surface area contributed by atoms with Gasteiger partial charge in [0.2, 0.25) is 0 Å². The molecule has 4 nitrogen and oxygen atoms in total. The van der Waals surface area contributed by atoms with E-state index in [0.29, 0.717) is 13.1 Å². The minimum absolute atomic E-state index is 0.363. The Morgan fingerprint density at radius 2 is 1.38 bits per heavy atom. The number of nitrogens with zero attached hydrogens (tertiary/aromatic N) is 1. The average molecular weight is 208 g/mol. The molecule has 0 atom stereocenters. The molecule has 0 amide bonds. The summed E-state index contributed by atoms with van der Waals surface area (Å²) in [7, 11) is -4.23. The Morgan fingerprint density at radius 3 is 1.62 bits per heavy atom. The molecule has 79 valence electrons. The third-order valence-electron chi connectivity index (χ3n) is 1.84. The van der Waals surface area contributed by atoms with Gasteiger partial charge in [-0.15, -0.1) is 0 Å². The van der Waals surface area contributed by atoms with Crippen molar-refractivity contribution in [2.45, 2.75) is 39.5 Å². The van der Waals surface area contributed by atoms with Crippen LogP contribution in [0.15, 0.2) is 0 Å². The van der Waals surface area contributed by atoms with Gasteiger partial charge in [-0.05, 0) is 12.8 Å². The Balaban J connectivity index is 4.04. The van der Waals surface area contributed by atoms with Crippen LogP contribution in [0, 0.1) is 0 Å². The predicted molar refractivity (Wildman–Crippen MR) is 51.0 cm³/mol. The average Bonchev–Trinajstić information content (AvgIpc) is 2.02. The Kier molecular flexibility index (Phi) is 6.28. The van der Waals surface area contributed by atoms with Gasteiger partial charge in [0.25, 0.3) is 0 Å². The summed E-state index contributed by atoms with van der Waals surface area (Å²) in [6, 6.07) is 0. The topological polar surface area (TPSA) is 57.3 Å². The van der Waals surface area contributed by atoms with E-state index in [2.05, 4.69) is 0 Å². The van der Waals surface area contributed by atoms with Crippen molar-refractivity contribution >= 4 is 10.3 Å². The van der Waals surface area contributed by atoms with Crippen LogP contribution in [0.4, 0.5) is 0 Å². The number of hydrogen-bond donors (Lipinski definition) is 0. The molecule has 0 fully saturated rings. The molecule has 0 aromatic carbocycles. The van der Waals surface area contributed by atoms with E-state index in [1.54, 1.807) is 0 Å². The predicted octanol–water partition coefficient (Wildman–Crippen LogP) is 1.56. The van der Waals surface area contributed by atoms with Crippen molar-refractivity contribution in [2.24, 2.45) is 0 Å². The van der Waals surface area contributed by atoms with Gasteiger partial charge in [-0.25, -0.2) is 0 Å². The van der Waals surface area contributed by atoms with E-state index in [9.17, 15) is 13.0 Å². The lowest BCUT2D eigenvalue weighted by Gasteiger charge is -2.16. The molecule has 0 aliphatic carbocycles. The zero-order valence-corrected chi connectivity index (χ0v) is 9.14. The molecule has 0 aliphatic heterocycles.